The summed E-state index contributed by atoms with van der Waals surface area (Å²) < 4.78 is 7.86. The number of methoxy groups -OCH3 is 1. The first-order valence-corrected chi connectivity index (χ1v) is 8.13. The van der Waals surface area contributed by atoms with Crippen molar-refractivity contribution in [1.82, 2.24) is 44.5 Å². The number of aromatic amines is 1. The standard InChI is InChI=1S/C16H13N9O2/c1-8-17-16-21-20-13-11(7-12(26)27-2)23-24(14(13)25(16)22-8)15-18-9-5-3-4-6-10(9)19-15/h3-6H,7H2,1-2H3,(H,18,19). The molecule has 0 bridgehead atoms. The molecule has 0 saturated carbocycles. The molecular formula is C16H13N9O2. The number of nitrogens with zero attached hydrogens (tertiary/aromatic N) is 8. The van der Waals surface area contributed by atoms with Crippen LogP contribution in [0.1, 0.15) is 11.5 Å². The molecule has 4 heterocycles. The summed E-state index contributed by atoms with van der Waals surface area (Å²) in [6.45, 7) is 1.76. The smallest absolute Gasteiger partial charge is 0.311 e. The van der Waals surface area contributed by atoms with E-state index in [1.54, 1.807) is 16.1 Å². The van der Waals surface area contributed by atoms with E-state index in [0.29, 0.717) is 34.4 Å². The first-order valence-electron chi connectivity index (χ1n) is 8.13. The lowest BCUT2D eigenvalue weighted by Gasteiger charge is -1.99. The second-order valence-corrected chi connectivity index (χ2v) is 5.93. The van der Waals surface area contributed by atoms with Crippen LogP contribution in [-0.2, 0) is 16.0 Å². The van der Waals surface area contributed by atoms with Gasteiger partial charge in [-0.3, -0.25) is 4.79 Å². The number of benzene rings is 1. The third-order valence-corrected chi connectivity index (χ3v) is 4.16. The molecule has 27 heavy (non-hydrogen) atoms. The van der Waals surface area contributed by atoms with E-state index in [0.717, 1.165) is 11.0 Å². The number of hydrogen-bond donors (Lipinski definition) is 1. The van der Waals surface area contributed by atoms with Crippen molar-refractivity contribution in [3.8, 4) is 5.95 Å². The van der Waals surface area contributed by atoms with Crippen molar-refractivity contribution in [2.75, 3.05) is 7.11 Å². The molecule has 0 fully saturated rings. The number of imidazole rings is 1. The number of carbonyl (C=O) groups excluding carboxylic acids is 1. The van der Waals surface area contributed by atoms with Gasteiger partial charge in [-0.15, -0.1) is 15.3 Å². The highest BCUT2D eigenvalue weighted by atomic mass is 16.5. The Balaban J connectivity index is 1.83. The quantitative estimate of drug-likeness (QED) is 0.465. The average molecular weight is 363 g/mol. The molecule has 4 aromatic heterocycles. The lowest BCUT2D eigenvalue weighted by atomic mass is 10.3. The van der Waals surface area contributed by atoms with Gasteiger partial charge in [0.2, 0.25) is 5.95 Å². The van der Waals surface area contributed by atoms with Crippen molar-refractivity contribution in [2.45, 2.75) is 13.3 Å². The van der Waals surface area contributed by atoms with E-state index in [4.69, 9.17) is 4.74 Å². The Bertz CT molecular complexity index is 1300. The molecule has 0 aliphatic rings. The number of fused-ring (bicyclic) bond motifs is 4. The highest BCUT2D eigenvalue weighted by Gasteiger charge is 2.22. The number of rotatable bonds is 3. The molecule has 0 radical (unpaired) electrons. The van der Waals surface area contributed by atoms with Crippen molar-refractivity contribution in [1.29, 1.82) is 0 Å². The van der Waals surface area contributed by atoms with Crippen LogP contribution in [0.3, 0.4) is 0 Å². The largest absolute Gasteiger partial charge is 0.469 e. The summed E-state index contributed by atoms with van der Waals surface area (Å²) in [6.07, 6.45) is -0.0475. The van der Waals surface area contributed by atoms with Gasteiger partial charge in [0.05, 0.1) is 24.6 Å². The normalized spacial score (nSPS) is 11.6. The Labute approximate surface area is 151 Å². The summed E-state index contributed by atoms with van der Waals surface area (Å²) >= 11 is 0. The highest BCUT2D eigenvalue weighted by Crippen LogP contribution is 2.21. The molecule has 11 nitrogen and oxygen atoms in total. The van der Waals surface area contributed by atoms with Crippen LogP contribution in [0, 0.1) is 6.92 Å². The third-order valence-electron chi connectivity index (χ3n) is 4.16. The van der Waals surface area contributed by atoms with Gasteiger partial charge in [-0.1, -0.05) is 12.1 Å². The van der Waals surface area contributed by atoms with Gasteiger partial charge in [-0.05, 0) is 19.1 Å². The zero-order valence-corrected chi connectivity index (χ0v) is 14.4. The fourth-order valence-electron chi connectivity index (χ4n) is 2.96. The minimum absolute atomic E-state index is 0.0475. The molecule has 0 unspecified atom stereocenters. The van der Waals surface area contributed by atoms with E-state index < -0.39 is 5.97 Å². The molecular weight excluding hydrogens is 350 g/mol. The van der Waals surface area contributed by atoms with Crippen molar-refractivity contribution in [3.63, 3.8) is 0 Å². The Morgan fingerprint density at radius 3 is 2.85 bits per heavy atom. The molecule has 5 rings (SSSR count). The first kappa shape index (κ1) is 15.4. The van der Waals surface area contributed by atoms with E-state index in [9.17, 15) is 4.79 Å². The van der Waals surface area contributed by atoms with E-state index >= 15 is 0 Å². The summed E-state index contributed by atoms with van der Waals surface area (Å²) in [4.78, 5) is 23.8. The minimum Gasteiger partial charge on any atom is -0.469 e. The van der Waals surface area contributed by atoms with Crippen LogP contribution in [-0.4, -0.2) is 57.6 Å². The summed E-state index contributed by atoms with van der Waals surface area (Å²) in [5.74, 6) is 0.924. The number of nitrogens with one attached hydrogen (secondary N) is 1. The van der Waals surface area contributed by atoms with Crippen LogP contribution in [0.25, 0.3) is 33.9 Å². The molecule has 1 aromatic carbocycles. The van der Waals surface area contributed by atoms with Gasteiger partial charge in [-0.2, -0.15) is 19.3 Å². The Morgan fingerprint density at radius 1 is 1.19 bits per heavy atom. The molecule has 0 aliphatic heterocycles. The van der Waals surface area contributed by atoms with Gasteiger partial charge in [0, 0.05) is 0 Å². The van der Waals surface area contributed by atoms with Crippen LogP contribution < -0.4 is 0 Å². The number of H-pyrrole nitrogens is 1. The van der Waals surface area contributed by atoms with E-state index in [1.807, 2.05) is 24.3 Å². The van der Waals surface area contributed by atoms with Crippen LogP contribution >= 0.6 is 0 Å². The van der Waals surface area contributed by atoms with Crippen LogP contribution in [0.15, 0.2) is 24.3 Å². The van der Waals surface area contributed by atoms with Gasteiger partial charge in [0.25, 0.3) is 5.78 Å². The van der Waals surface area contributed by atoms with E-state index in [2.05, 4.69) is 35.3 Å². The topological polar surface area (TPSA) is 129 Å². The maximum atomic E-state index is 11.8. The fourth-order valence-corrected chi connectivity index (χ4v) is 2.96. The molecule has 11 heteroatoms. The van der Waals surface area contributed by atoms with Gasteiger partial charge in [0.1, 0.15) is 11.5 Å². The average Bonchev–Trinajstić information content (AvgIpc) is 3.34. The SMILES string of the molecule is COC(=O)Cc1nn(-c2nc3ccccc3[nH]2)c2c1nnc1nc(C)nn12. The predicted molar refractivity (Wildman–Crippen MR) is 93.3 cm³/mol. The lowest BCUT2D eigenvalue weighted by molar-refractivity contribution is -0.139. The molecule has 0 aliphatic carbocycles. The highest BCUT2D eigenvalue weighted by molar-refractivity contribution is 5.83. The van der Waals surface area contributed by atoms with Crippen molar-refractivity contribution in [3.05, 3.63) is 35.8 Å². The second kappa shape index (κ2) is 5.56. The van der Waals surface area contributed by atoms with Gasteiger partial charge >= 0.3 is 5.97 Å². The van der Waals surface area contributed by atoms with E-state index in [-0.39, 0.29) is 6.42 Å². The van der Waals surface area contributed by atoms with Crippen LogP contribution in [0.5, 0.6) is 0 Å². The molecule has 5 aromatic rings. The number of ether oxygens (including phenoxy) is 1. The zero-order chi connectivity index (χ0) is 18.5. The molecule has 0 amide bonds. The minimum atomic E-state index is -0.428. The third kappa shape index (κ3) is 2.32. The van der Waals surface area contributed by atoms with Crippen molar-refractivity contribution < 1.29 is 9.53 Å². The maximum absolute atomic E-state index is 11.8. The number of aryl methyl sites for hydroxylation is 1. The fraction of sp³-hybridized carbons (Fsp3) is 0.188. The maximum Gasteiger partial charge on any atom is 0.311 e. The van der Waals surface area contributed by atoms with Gasteiger partial charge in [0.15, 0.2) is 11.2 Å². The lowest BCUT2D eigenvalue weighted by Crippen LogP contribution is -2.06. The number of carbonyl (C=O) groups is 1. The second-order valence-electron chi connectivity index (χ2n) is 5.93. The summed E-state index contributed by atoms with van der Waals surface area (Å²) in [7, 11) is 1.32. The predicted octanol–water partition coefficient (Wildman–Crippen LogP) is 0.758. The number of aromatic nitrogens is 9. The first-order chi connectivity index (χ1) is 13.1. The van der Waals surface area contributed by atoms with Crippen LogP contribution in [0.4, 0.5) is 0 Å². The molecule has 0 spiro atoms. The summed E-state index contributed by atoms with van der Waals surface area (Å²) in [6, 6.07) is 7.63. The van der Waals surface area contributed by atoms with Crippen LogP contribution in [0.2, 0.25) is 0 Å². The van der Waals surface area contributed by atoms with E-state index in [1.165, 1.54) is 7.11 Å². The summed E-state index contributed by atoms with van der Waals surface area (Å²) in [5, 5.41) is 17.2. The number of para-hydroxylation sites is 2. The Kier molecular flexibility index (Phi) is 3.16. The summed E-state index contributed by atoms with van der Waals surface area (Å²) in [5.41, 5.74) is 3.01. The van der Waals surface area contributed by atoms with Crippen molar-refractivity contribution >= 4 is 33.9 Å². The molecule has 134 valence electrons. The molecule has 0 saturated heterocycles. The number of esters is 1. The monoisotopic (exact) mass is 363 g/mol. The zero-order valence-electron chi connectivity index (χ0n) is 14.4. The Morgan fingerprint density at radius 2 is 2.04 bits per heavy atom. The molecule has 0 atom stereocenters. The molecule has 1 N–H and O–H groups in total. The van der Waals surface area contributed by atoms with Crippen molar-refractivity contribution in [2.24, 2.45) is 0 Å². The number of hydrogen-bond acceptors (Lipinski definition) is 8. The van der Waals surface area contributed by atoms with Gasteiger partial charge < -0.3 is 9.72 Å². The Hall–Kier alpha value is -3.89. The van der Waals surface area contributed by atoms with Gasteiger partial charge in [-0.25, -0.2) is 4.98 Å².